The molecule has 1 N–H and O–H groups in total. The zero-order valence-electron chi connectivity index (χ0n) is 18.5. The van der Waals surface area contributed by atoms with Crippen LogP contribution in [0.3, 0.4) is 0 Å². The van der Waals surface area contributed by atoms with Crippen molar-refractivity contribution < 1.29 is 19.0 Å². The molecule has 1 aromatic heterocycles. The van der Waals surface area contributed by atoms with Crippen molar-refractivity contribution in [3.8, 4) is 22.9 Å². The minimum Gasteiger partial charge on any atom is -0.493 e. The molecule has 8 nitrogen and oxygen atoms in total. The number of carbonyl (C=O) groups excluding carboxylic acids is 1. The summed E-state index contributed by atoms with van der Waals surface area (Å²) in [5.41, 5.74) is 1.19. The van der Waals surface area contributed by atoms with E-state index in [2.05, 4.69) is 10.4 Å². The Balaban J connectivity index is 1.71. The summed E-state index contributed by atoms with van der Waals surface area (Å²) in [6, 6.07) is 19.5. The average Bonchev–Trinajstić information content (AvgIpc) is 2.87. The Bertz CT molecular complexity index is 1340. The number of hydrogen-bond acceptors (Lipinski definition) is 6. The highest BCUT2D eigenvalue weighted by atomic mass is 16.5. The zero-order chi connectivity index (χ0) is 23.4. The van der Waals surface area contributed by atoms with E-state index in [1.807, 2.05) is 18.2 Å². The van der Waals surface area contributed by atoms with Gasteiger partial charge in [0.05, 0.1) is 32.4 Å². The van der Waals surface area contributed by atoms with Crippen LogP contribution in [0.15, 0.2) is 71.5 Å². The van der Waals surface area contributed by atoms with Gasteiger partial charge in [0.2, 0.25) is 5.75 Å². The van der Waals surface area contributed by atoms with Crippen LogP contribution in [0.2, 0.25) is 0 Å². The van der Waals surface area contributed by atoms with E-state index in [4.69, 9.17) is 14.2 Å². The standard InChI is InChI=1S/C25H23N3O5/c1-31-20-13-16(14-21(32-2)23(20)33-3)15-26-24(29)22-18-11-7-8-12-19(18)25(30)28(27-22)17-9-5-4-6-10-17/h4-14H,15H2,1-3H3,(H,26,29). The highest BCUT2D eigenvalue weighted by molar-refractivity contribution is 6.04. The van der Waals surface area contributed by atoms with Crippen molar-refractivity contribution in [1.29, 1.82) is 0 Å². The van der Waals surface area contributed by atoms with Gasteiger partial charge in [-0.25, -0.2) is 0 Å². The summed E-state index contributed by atoms with van der Waals surface area (Å²) >= 11 is 0. The zero-order valence-corrected chi connectivity index (χ0v) is 18.5. The Kier molecular flexibility index (Phi) is 6.26. The first-order valence-corrected chi connectivity index (χ1v) is 10.2. The van der Waals surface area contributed by atoms with Gasteiger partial charge in [-0.1, -0.05) is 36.4 Å². The van der Waals surface area contributed by atoms with E-state index in [1.54, 1.807) is 48.5 Å². The van der Waals surface area contributed by atoms with Crippen LogP contribution in [0.4, 0.5) is 0 Å². The first-order valence-electron chi connectivity index (χ1n) is 10.2. The summed E-state index contributed by atoms with van der Waals surface area (Å²) in [4.78, 5) is 26.2. The maximum atomic E-state index is 13.2. The molecule has 0 aliphatic rings. The number of benzene rings is 3. The van der Waals surface area contributed by atoms with Crippen LogP contribution >= 0.6 is 0 Å². The molecule has 3 aromatic carbocycles. The lowest BCUT2D eigenvalue weighted by atomic mass is 10.1. The number of fused-ring (bicyclic) bond motifs is 1. The fourth-order valence-electron chi connectivity index (χ4n) is 3.60. The van der Waals surface area contributed by atoms with Gasteiger partial charge in [-0.3, -0.25) is 9.59 Å². The smallest absolute Gasteiger partial charge is 0.279 e. The number of rotatable bonds is 7. The van der Waals surface area contributed by atoms with Crippen LogP contribution in [0, 0.1) is 0 Å². The fourth-order valence-corrected chi connectivity index (χ4v) is 3.60. The number of nitrogens with zero attached hydrogens (tertiary/aromatic N) is 2. The maximum absolute atomic E-state index is 13.2. The molecular weight excluding hydrogens is 422 g/mol. The molecular formula is C25H23N3O5. The van der Waals surface area contributed by atoms with Gasteiger partial charge in [0.1, 0.15) is 0 Å². The molecule has 0 fully saturated rings. The van der Waals surface area contributed by atoms with Crippen molar-refractivity contribution in [1.82, 2.24) is 15.1 Å². The fraction of sp³-hybridized carbons (Fsp3) is 0.160. The van der Waals surface area contributed by atoms with E-state index in [0.717, 1.165) is 5.56 Å². The Morgan fingerprint density at radius 2 is 1.48 bits per heavy atom. The molecule has 0 aliphatic carbocycles. The van der Waals surface area contributed by atoms with Gasteiger partial charge in [-0.2, -0.15) is 9.78 Å². The summed E-state index contributed by atoms with van der Waals surface area (Å²) < 4.78 is 17.3. The van der Waals surface area contributed by atoms with E-state index in [1.165, 1.54) is 26.0 Å². The highest BCUT2D eigenvalue weighted by Crippen LogP contribution is 2.38. The van der Waals surface area contributed by atoms with Crippen molar-refractivity contribution >= 4 is 16.7 Å². The molecule has 33 heavy (non-hydrogen) atoms. The summed E-state index contributed by atoms with van der Waals surface area (Å²) in [7, 11) is 4.59. The molecule has 1 heterocycles. The molecule has 4 rings (SSSR count). The predicted octanol–water partition coefficient (Wildman–Crippen LogP) is 3.34. The van der Waals surface area contributed by atoms with E-state index in [0.29, 0.717) is 33.7 Å². The highest BCUT2D eigenvalue weighted by Gasteiger charge is 2.18. The average molecular weight is 445 g/mol. The van der Waals surface area contributed by atoms with E-state index >= 15 is 0 Å². The summed E-state index contributed by atoms with van der Waals surface area (Å²) in [6.07, 6.45) is 0. The molecule has 0 radical (unpaired) electrons. The van der Waals surface area contributed by atoms with Crippen LogP contribution in [-0.4, -0.2) is 37.0 Å². The van der Waals surface area contributed by atoms with Crippen LogP contribution < -0.4 is 25.1 Å². The molecule has 0 atom stereocenters. The van der Waals surface area contributed by atoms with Gasteiger partial charge < -0.3 is 19.5 Å². The SMILES string of the molecule is COc1cc(CNC(=O)c2nn(-c3ccccc3)c(=O)c3ccccc23)cc(OC)c1OC. The van der Waals surface area contributed by atoms with Gasteiger partial charge in [0.15, 0.2) is 17.2 Å². The predicted molar refractivity (Wildman–Crippen MR) is 125 cm³/mol. The second-order valence-corrected chi connectivity index (χ2v) is 7.16. The first kappa shape index (κ1) is 21.9. The van der Waals surface area contributed by atoms with Gasteiger partial charge in [-0.05, 0) is 35.9 Å². The minimum atomic E-state index is -0.412. The van der Waals surface area contributed by atoms with Crippen molar-refractivity contribution in [2.45, 2.75) is 6.54 Å². The quantitative estimate of drug-likeness (QED) is 0.469. The lowest BCUT2D eigenvalue weighted by Crippen LogP contribution is -2.29. The number of para-hydroxylation sites is 1. The Labute approximate surface area is 190 Å². The first-order chi connectivity index (χ1) is 16.1. The summed E-state index contributed by atoms with van der Waals surface area (Å²) in [5, 5.41) is 8.17. The van der Waals surface area contributed by atoms with Crippen LogP contribution in [0.1, 0.15) is 16.1 Å². The van der Waals surface area contributed by atoms with Crippen LogP contribution in [0.25, 0.3) is 16.5 Å². The number of ether oxygens (including phenoxy) is 3. The second kappa shape index (κ2) is 9.44. The van der Waals surface area contributed by atoms with Gasteiger partial charge in [0.25, 0.3) is 11.5 Å². The largest absolute Gasteiger partial charge is 0.493 e. The van der Waals surface area contributed by atoms with Crippen LogP contribution in [0.5, 0.6) is 17.2 Å². The molecule has 8 heteroatoms. The lowest BCUT2D eigenvalue weighted by molar-refractivity contribution is 0.0946. The molecule has 1 amide bonds. The molecule has 0 spiro atoms. The normalized spacial score (nSPS) is 10.6. The summed E-state index contributed by atoms with van der Waals surface area (Å²) in [5.74, 6) is 1.03. The molecule has 0 bridgehead atoms. The molecule has 0 unspecified atom stereocenters. The number of aromatic nitrogens is 2. The van der Waals surface area contributed by atoms with Crippen molar-refractivity contribution in [2.75, 3.05) is 21.3 Å². The monoisotopic (exact) mass is 445 g/mol. The summed E-state index contributed by atoms with van der Waals surface area (Å²) in [6.45, 7) is 0.190. The number of carbonyl (C=O) groups is 1. The number of nitrogens with one attached hydrogen (secondary N) is 1. The third-order valence-electron chi connectivity index (χ3n) is 5.20. The van der Waals surface area contributed by atoms with E-state index < -0.39 is 5.91 Å². The van der Waals surface area contributed by atoms with Crippen molar-refractivity contribution in [3.05, 3.63) is 88.3 Å². The van der Waals surface area contributed by atoms with Gasteiger partial charge in [-0.15, -0.1) is 0 Å². The molecule has 0 aliphatic heterocycles. The molecule has 4 aromatic rings. The topological polar surface area (TPSA) is 91.7 Å². The van der Waals surface area contributed by atoms with Crippen LogP contribution in [-0.2, 0) is 6.54 Å². The molecule has 168 valence electrons. The third-order valence-corrected chi connectivity index (χ3v) is 5.20. The number of methoxy groups -OCH3 is 3. The number of amides is 1. The Morgan fingerprint density at radius 1 is 0.879 bits per heavy atom. The van der Waals surface area contributed by atoms with Gasteiger partial charge in [0, 0.05) is 11.9 Å². The molecule has 0 saturated carbocycles. The van der Waals surface area contributed by atoms with Crippen molar-refractivity contribution in [3.63, 3.8) is 0 Å². The minimum absolute atomic E-state index is 0.154. The maximum Gasteiger partial charge on any atom is 0.279 e. The number of hydrogen-bond donors (Lipinski definition) is 1. The second-order valence-electron chi connectivity index (χ2n) is 7.16. The Morgan fingerprint density at radius 3 is 2.09 bits per heavy atom. The lowest BCUT2D eigenvalue weighted by Gasteiger charge is -2.15. The van der Waals surface area contributed by atoms with E-state index in [-0.39, 0.29) is 17.8 Å². The van der Waals surface area contributed by atoms with E-state index in [9.17, 15) is 9.59 Å². The third kappa shape index (κ3) is 4.23. The van der Waals surface area contributed by atoms with Crippen molar-refractivity contribution in [2.24, 2.45) is 0 Å². The Hall–Kier alpha value is -4.33. The molecule has 0 saturated heterocycles. The van der Waals surface area contributed by atoms with Gasteiger partial charge >= 0.3 is 0 Å².